The minimum atomic E-state index is 0.521. The third-order valence-electron chi connectivity index (χ3n) is 2.74. The highest BCUT2D eigenvalue weighted by Gasteiger charge is 2.10. The van der Waals surface area contributed by atoms with Gasteiger partial charge in [0.05, 0.1) is 19.4 Å². The molecule has 0 saturated carbocycles. The average molecular weight is 294 g/mol. The van der Waals surface area contributed by atoms with Gasteiger partial charge < -0.3 is 4.42 Å². The van der Waals surface area contributed by atoms with Crippen molar-refractivity contribution in [1.82, 2.24) is 14.9 Å². The number of hydrogen-bond donors (Lipinski definition) is 0. The summed E-state index contributed by atoms with van der Waals surface area (Å²) in [4.78, 5) is 11.9. The zero-order valence-corrected chi connectivity index (χ0v) is 11.9. The van der Waals surface area contributed by atoms with Crippen LogP contribution in [0.5, 0.6) is 0 Å². The molecule has 0 aliphatic carbocycles. The quantitative estimate of drug-likeness (QED) is 0.690. The Labute approximate surface area is 119 Å². The standard InChI is InChI=1S/C13H12ClN3OS/c1-17(7-9-3-2-5-18-9)8-11-15-12(14)10-4-6-19-13(10)16-11/h2-6H,7-8H2,1H3. The van der Waals surface area contributed by atoms with Crippen LogP contribution in [0, 0.1) is 0 Å². The molecule has 0 atom stereocenters. The van der Waals surface area contributed by atoms with E-state index in [9.17, 15) is 0 Å². The van der Waals surface area contributed by atoms with Crippen molar-refractivity contribution in [3.05, 3.63) is 46.6 Å². The number of rotatable bonds is 4. The molecule has 3 rings (SSSR count). The fraction of sp³-hybridized carbons (Fsp3) is 0.231. The Balaban J connectivity index is 1.77. The topological polar surface area (TPSA) is 42.2 Å². The van der Waals surface area contributed by atoms with Crippen LogP contribution >= 0.6 is 22.9 Å². The Morgan fingerprint density at radius 2 is 2.21 bits per heavy atom. The van der Waals surface area contributed by atoms with E-state index in [0.717, 1.165) is 28.3 Å². The van der Waals surface area contributed by atoms with Gasteiger partial charge in [0, 0.05) is 5.39 Å². The van der Waals surface area contributed by atoms with Crippen LogP contribution in [0.1, 0.15) is 11.6 Å². The van der Waals surface area contributed by atoms with Crippen molar-refractivity contribution < 1.29 is 4.42 Å². The summed E-state index contributed by atoms with van der Waals surface area (Å²) in [6, 6.07) is 5.78. The van der Waals surface area contributed by atoms with Gasteiger partial charge >= 0.3 is 0 Å². The van der Waals surface area contributed by atoms with Gasteiger partial charge in [0.25, 0.3) is 0 Å². The molecule has 0 saturated heterocycles. The van der Waals surface area contributed by atoms with Crippen LogP contribution in [-0.4, -0.2) is 21.9 Å². The van der Waals surface area contributed by atoms with Crippen LogP contribution in [0.15, 0.2) is 34.3 Å². The fourth-order valence-electron chi connectivity index (χ4n) is 1.90. The number of thiophene rings is 1. The molecular formula is C13H12ClN3OS. The minimum Gasteiger partial charge on any atom is -0.468 e. The summed E-state index contributed by atoms with van der Waals surface area (Å²) in [5, 5.41) is 3.42. The van der Waals surface area contributed by atoms with Gasteiger partial charge in [0.1, 0.15) is 21.6 Å². The highest BCUT2D eigenvalue weighted by Crippen LogP contribution is 2.25. The van der Waals surface area contributed by atoms with Crippen LogP contribution in [0.2, 0.25) is 5.15 Å². The lowest BCUT2D eigenvalue weighted by molar-refractivity contribution is 0.281. The first kappa shape index (κ1) is 12.6. The smallest absolute Gasteiger partial charge is 0.145 e. The van der Waals surface area contributed by atoms with Gasteiger partial charge in [0.2, 0.25) is 0 Å². The van der Waals surface area contributed by atoms with E-state index in [4.69, 9.17) is 16.0 Å². The van der Waals surface area contributed by atoms with Gasteiger partial charge in [-0.15, -0.1) is 11.3 Å². The highest BCUT2D eigenvalue weighted by atomic mass is 35.5. The van der Waals surface area contributed by atoms with E-state index < -0.39 is 0 Å². The van der Waals surface area contributed by atoms with E-state index >= 15 is 0 Å². The largest absolute Gasteiger partial charge is 0.468 e. The second-order valence-corrected chi connectivity index (χ2v) is 5.57. The molecule has 3 aromatic rings. The number of nitrogens with zero attached hydrogens (tertiary/aromatic N) is 3. The van der Waals surface area contributed by atoms with Crippen LogP contribution < -0.4 is 0 Å². The van der Waals surface area contributed by atoms with Crippen molar-refractivity contribution in [2.45, 2.75) is 13.1 Å². The number of aromatic nitrogens is 2. The van der Waals surface area contributed by atoms with Crippen molar-refractivity contribution in [3.8, 4) is 0 Å². The maximum atomic E-state index is 6.15. The molecule has 0 N–H and O–H groups in total. The molecular weight excluding hydrogens is 282 g/mol. The molecule has 98 valence electrons. The highest BCUT2D eigenvalue weighted by molar-refractivity contribution is 7.16. The van der Waals surface area contributed by atoms with Crippen LogP contribution in [0.3, 0.4) is 0 Å². The van der Waals surface area contributed by atoms with E-state index in [-0.39, 0.29) is 0 Å². The normalized spacial score (nSPS) is 11.5. The second kappa shape index (κ2) is 5.28. The van der Waals surface area contributed by atoms with Gasteiger partial charge in [-0.2, -0.15) is 0 Å². The summed E-state index contributed by atoms with van der Waals surface area (Å²) < 4.78 is 5.32. The zero-order valence-electron chi connectivity index (χ0n) is 10.3. The lowest BCUT2D eigenvalue weighted by Gasteiger charge is -2.14. The van der Waals surface area contributed by atoms with Gasteiger partial charge in [-0.05, 0) is 30.6 Å². The molecule has 3 aromatic heterocycles. The Bertz CT molecular complexity index is 680. The van der Waals surface area contributed by atoms with E-state index in [2.05, 4.69) is 14.9 Å². The Morgan fingerprint density at radius 1 is 1.32 bits per heavy atom. The van der Waals surface area contributed by atoms with E-state index in [1.807, 2.05) is 30.6 Å². The van der Waals surface area contributed by atoms with E-state index in [1.165, 1.54) is 0 Å². The Morgan fingerprint density at radius 3 is 3.00 bits per heavy atom. The molecule has 0 aliphatic rings. The number of fused-ring (bicyclic) bond motifs is 1. The molecule has 0 amide bonds. The molecule has 0 unspecified atom stereocenters. The molecule has 4 nitrogen and oxygen atoms in total. The number of furan rings is 1. The number of hydrogen-bond acceptors (Lipinski definition) is 5. The zero-order chi connectivity index (χ0) is 13.2. The van der Waals surface area contributed by atoms with Crippen molar-refractivity contribution in [3.63, 3.8) is 0 Å². The molecule has 6 heteroatoms. The maximum absolute atomic E-state index is 6.15. The van der Waals surface area contributed by atoms with E-state index in [0.29, 0.717) is 11.7 Å². The van der Waals surface area contributed by atoms with Crippen molar-refractivity contribution in [2.24, 2.45) is 0 Å². The van der Waals surface area contributed by atoms with Crippen LogP contribution in [0.25, 0.3) is 10.2 Å². The maximum Gasteiger partial charge on any atom is 0.145 e. The van der Waals surface area contributed by atoms with E-state index in [1.54, 1.807) is 17.6 Å². The molecule has 0 aliphatic heterocycles. The molecule has 0 bridgehead atoms. The first-order chi connectivity index (χ1) is 9.22. The third kappa shape index (κ3) is 2.78. The predicted molar refractivity (Wildman–Crippen MR) is 76.3 cm³/mol. The Kier molecular flexibility index (Phi) is 3.50. The van der Waals surface area contributed by atoms with Gasteiger partial charge in [0.15, 0.2) is 0 Å². The lowest BCUT2D eigenvalue weighted by Crippen LogP contribution is -2.18. The van der Waals surface area contributed by atoms with Gasteiger partial charge in [-0.3, -0.25) is 4.90 Å². The first-order valence-electron chi connectivity index (χ1n) is 5.83. The summed E-state index contributed by atoms with van der Waals surface area (Å²) in [6.45, 7) is 1.35. The Hall–Kier alpha value is -1.43. The molecule has 19 heavy (non-hydrogen) atoms. The third-order valence-corrected chi connectivity index (χ3v) is 3.84. The van der Waals surface area contributed by atoms with Crippen molar-refractivity contribution in [2.75, 3.05) is 7.05 Å². The summed E-state index contributed by atoms with van der Waals surface area (Å²) in [5.74, 6) is 1.65. The molecule has 0 aromatic carbocycles. The fourth-order valence-corrected chi connectivity index (χ4v) is 2.99. The SMILES string of the molecule is CN(Cc1nc(Cl)c2ccsc2n1)Cc1ccco1. The molecule has 0 spiro atoms. The monoisotopic (exact) mass is 293 g/mol. The van der Waals surface area contributed by atoms with Crippen molar-refractivity contribution >= 4 is 33.2 Å². The lowest BCUT2D eigenvalue weighted by atomic mass is 10.4. The van der Waals surface area contributed by atoms with Crippen LogP contribution in [-0.2, 0) is 13.1 Å². The minimum absolute atomic E-state index is 0.521. The van der Waals surface area contributed by atoms with Crippen molar-refractivity contribution in [1.29, 1.82) is 0 Å². The first-order valence-corrected chi connectivity index (χ1v) is 7.08. The van der Waals surface area contributed by atoms with Gasteiger partial charge in [-0.1, -0.05) is 11.6 Å². The predicted octanol–water partition coefficient (Wildman–Crippen LogP) is 3.57. The molecule has 0 fully saturated rings. The summed E-state index contributed by atoms with van der Waals surface area (Å²) in [7, 11) is 2.00. The number of halogens is 1. The molecule has 3 heterocycles. The summed E-state index contributed by atoms with van der Waals surface area (Å²) in [5.41, 5.74) is 0. The molecule has 0 radical (unpaired) electrons. The van der Waals surface area contributed by atoms with Gasteiger partial charge in [-0.25, -0.2) is 9.97 Å². The van der Waals surface area contributed by atoms with Crippen LogP contribution in [0.4, 0.5) is 0 Å². The summed E-state index contributed by atoms with van der Waals surface area (Å²) in [6.07, 6.45) is 1.67. The summed E-state index contributed by atoms with van der Waals surface area (Å²) >= 11 is 7.72. The average Bonchev–Trinajstić information content (AvgIpc) is 2.99. The second-order valence-electron chi connectivity index (χ2n) is 4.32.